The van der Waals surface area contributed by atoms with Gasteiger partial charge in [0.2, 0.25) is 0 Å². The monoisotopic (exact) mass is 265 g/mol. The van der Waals surface area contributed by atoms with Gasteiger partial charge in [-0.2, -0.15) is 0 Å². The zero-order chi connectivity index (χ0) is 15.1. The second-order valence-corrected chi connectivity index (χ2v) is 9.01. The summed E-state index contributed by atoms with van der Waals surface area (Å²) in [6.07, 6.45) is 3.79. The van der Waals surface area contributed by atoms with Crippen molar-refractivity contribution < 1.29 is 0 Å². The van der Waals surface area contributed by atoms with Crippen LogP contribution in [0, 0.1) is 16.7 Å². The van der Waals surface area contributed by atoms with Crippen molar-refractivity contribution in [2.24, 2.45) is 16.7 Å². The van der Waals surface area contributed by atoms with Gasteiger partial charge in [0, 0.05) is 11.6 Å². The molecule has 0 aliphatic heterocycles. The van der Waals surface area contributed by atoms with E-state index in [1.165, 1.54) is 24.8 Å². The van der Waals surface area contributed by atoms with Crippen LogP contribution in [0.4, 0.5) is 0 Å². The second-order valence-electron chi connectivity index (χ2n) is 9.01. The van der Waals surface area contributed by atoms with Crippen LogP contribution >= 0.6 is 0 Å². The van der Waals surface area contributed by atoms with E-state index in [0.717, 1.165) is 5.92 Å². The van der Waals surface area contributed by atoms with Gasteiger partial charge in [-0.1, -0.05) is 46.8 Å². The number of nitrogens with one attached hydrogen (secondary N) is 1. The lowest BCUT2D eigenvalue weighted by Gasteiger charge is -2.48. The molecule has 0 spiro atoms. The third kappa shape index (κ3) is 4.34. The van der Waals surface area contributed by atoms with Crippen molar-refractivity contribution in [2.45, 2.75) is 86.2 Å². The lowest BCUT2D eigenvalue weighted by atomic mass is 9.60. The van der Waals surface area contributed by atoms with E-state index in [2.05, 4.69) is 67.3 Å². The molecular formula is C18H35N. The zero-order valence-corrected chi connectivity index (χ0v) is 14.5. The van der Waals surface area contributed by atoms with Crippen LogP contribution in [0.3, 0.4) is 0 Å². The Hall–Kier alpha value is -0.300. The summed E-state index contributed by atoms with van der Waals surface area (Å²) in [6, 6.07) is 0.654. The molecule has 1 nitrogen and oxygen atoms in total. The summed E-state index contributed by atoms with van der Waals surface area (Å²) in [5, 5.41) is 3.79. The maximum atomic E-state index is 4.44. The summed E-state index contributed by atoms with van der Waals surface area (Å²) in [4.78, 5) is 0. The van der Waals surface area contributed by atoms with E-state index in [1.54, 1.807) is 0 Å². The molecular weight excluding hydrogens is 230 g/mol. The summed E-state index contributed by atoms with van der Waals surface area (Å²) in [7, 11) is 0. The maximum Gasteiger partial charge on any atom is 0.00992 e. The third-order valence-corrected chi connectivity index (χ3v) is 4.72. The van der Waals surface area contributed by atoms with Gasteiger partial charge in [0.05, 0.1) is 0 Å². The molecule has 0 heterocycles. The molecule has 112 valence electrons. The summed E-state index contributed by atoms with van der Waals surface area (Å²) < 4.78 is 0. The Kier molecular flexibility index (Phi) is 4.62. The van der Waals surface area contributed by atoms with Gasteiger partial charge in [-0.25, -0.2) is 0 Å². The quantitative estimate of drug-likeness (QED) is 0.679. The van der Waals surface area contributed by atoms with E-state index < -0.39 is 0 Å². The fourth-order valence-electron chi connectivity index (χ4n) is 3.66. The molecule has 1 aliphatic carbocycles. The molecule has 0 bridgehead atoms. The standard InChI is InChI=1S/C18H35N/c1-13-12-18(9,14(2)16(3,4)5)11-10-15(13)19-17(6,7)8/h13,15,19H,2,10-12H2,1,3-9H3. The highest BCUT2D eigenvalue weighted by Crippen LogP contribution is 2.49. The Labute approximate surface area is 121 Å². The van der Waals surface area contributed by atoms with E-state index in [-0.39, 0.29) is 11.0 Å². The van der Waals surface area contributed by atoms with E-state index in [0.29, 0.717) is 11.5 Å². The minimum absolute atomic E-state index is 0.216. The molecule has 0 amide bonds. The Morgan fingerprint density at radius 1 is 1.16 bits per heavy atom. The number of rotatable bonds is 2. The van der Waals surface area contributed by atoms with Gasteiger partial charge in [0.15, 0.2) is 0 Å². The highest BCUT2D eigenvalue weighted by atomic mass is 15.0. The summed E-state index contributed by atoms with van der Waals surface area (Å²) in [5.41, 5.74) is 2.18. The third-order valence-electron chi connectivity index (χ3n) is 4.72. The first kappa shape index (κ1) is 16.8. The van der Waals surface area contributed by atoms with Gasteiger partial charge >= 0.3 is 0 Å². The van der Waals surface area contributed by atoms with E-state index >= 15 is 0 Å². The SMILES string of the molecule is C=C(C(C)(C)C)C1(C)CCC(NC(C)(C)C)C(C)C1. The lowest BCUT2D eigenvalue weighted by Crippen LogP contribution is -2.50. The van der Waals surface area contributed by atoms with Crippen LogP contribution in [0.1, 0.15) is 74.7 Å². The van der Waals surface area contributed by atoms with Crippen LogP contribution in [0.2, 0.25) is 0 Å². The van der Waals surface area contributed by atoms with Crippen LogP contribution in [0.5, 0.6) is 0 Å². The first-order valence-corrected chi connectivity index (χ1v) is 7.83. The average molecular weight is 265 g/mol. The van der Waals surface area contributed by atoms with Gasteiger partial charge in [0.25, 0.3) is 0 Å². The predicted octanol–water partition coefficient (Wildman–Crippen LogP) is 5.17. The van der Waals surface area contributed by atoms with Crippen molar-refractivity contribution in [1.82, 2.24) is 5.32 Å². The second kappa shape index (κ2) is 5.24. The largest absolute Gasteiger partial charge is 0.309 e. The molecule has 1 fully saturated rings. The van der Waals surface area contributed by atoms with Gasteiger partial charge in [-0.05, 0) is 56.8 Å². The molecule has 0 aromatic heterocycles. The highest BCUT2D eigenvalue weighted by molar-refractivity contribution is 5.18. The van der Waals surface area contributed by atoms with Gasteiger partial charge in [0.1, 0.15) is 0 Å². The number of allylic oxidation sites excluding steroid dienone is 1. The molecule has 0 saturated heterocycles. The fraction of sp³-hybridized carbons (Fsp3) is 0.889. The van der Waals surface area contributed by atoms with Gasteiger partial charge < -0.3 is 5.32 Å². The summed E-state index contributed by atoms with van der Waals surface area (Å²) >= 11 is 0. The molecule has 0 aromatic rings. The van der Waals surface area contributed by atoms with E-state index in [9.17, 15) is 0 Å². The van der Waals surface area contributed by atoms with Crippen molar-refractivity contribution in [1.29, 1.82) is 0 Å². The van der Waals surface area contributed by atoms with Crippen LogP contribution < -0.4 is 5.32 Å². The molecule has 19 heavy (non-hydrogen) atoms. The first-order chi connectivity index (χ1) is 8.35. The van der Waals surface area contributed by atoms with Crippen LogP contribution in [-0.4, -0.2) is 11.6 Å². The maximum absolute atomic E-state index is 4.44. The van der Waals surface area contributed by atoms with Crippen LogP contribution in [0.25, 0.3) is 0 Å². The van der Waals surface area contributed by atoms with Gasteiger partial charge in [-0.15, -0.1) is 0 Å². The van der Waals surface area contributed by atoms with Gasteiger partial charge in [-0.3, -0.25) is 0 Å². The number of hydrogen-bond donors (Lipinski definition) is 1. The average Bonchev–Trinajstić information content (AvgIpc) is 2.18. The molecule has 3 atom stereocenters. The van der Waals surface area contributed by atoms with E-state index in [1.807, 2.05) is 0 Å². The highest BCUT2D eigenvalue weighted by Gasteiger charge is 2.41. The Morgan fingerprint density at radius 2 is 1.68 bits per heavy atom. The minimum Gasteiger partial charge on any atom is -0.309 e. The fourth-order valence-corrected chi connectivity index (χ4v) is 3.66. The minimum atomic E-state index is 0.216. The smallest absolute Gasteiger partial charge is 0.00992 e. The van der Waals surface area contributed by atoms with Crippen molar-refractivity contribution in [2.75, 3.05) is 0 Å². The first-order valence-electron chi connectivity index (χ1n) is 7.83. The summed E-state index contributed by atoms with van der Waals surface area (Å²) in [5.74, 6) is 0.720. The number of hydrogen-bond acceptors (Lipinski definition) is 1. The van der Waals surface area contributed by atoms with Crippen molar-refractivity contribution in [3.63, 3.8) is 0 Å². The normalized spacial score (nSPS) is 33.3. The molecule has 1 rings (SSSR count). The topological polar surface area (TPSA) is 12.0 Å². The predicted molar refractivity (Wildman–Crippen MR) is 86.4 cm³/mol. The molecule has 3 unspecified atom stereocenters. The van der Waals surface area contributed by atoms with E-state index in [4.69, 9.17) is 0 Å². The molecule has 1 N–H and O–H groups in total. The van der Waals surface area contributed by atoms with Crippen LogP contribution in [0.15, 0.2) is 12.2 Å². The molecule has 1 aliphatic rings. The Balaban J connectivity index is 2.75. The molecule has 0 aromatic carbocycles. The lowest BCUT2D eigenvalue weighted by molar-refractivity contribution is 0.128. The van der Waals surface area contributed by atoms with Crippen molar-refractivity contribution >= 4 is 0 Å². The zero-order valence-electron chi connectivity index (χ0n) is 14.5. The van der Waals surface area contributed by atoms with Crippen molar-refractivity contribution in [3.8, 4) is 0 Å². The van der Waals surface area contributed by atoms with Crippen LogP contribution in [-0.2, 0) is 0 Å². The van der Waals surface area contributed by atoms with Crippen molar-refractivity contribution in [3.05, 3.63) is 12.2 Å². The molecule has 1 saturated carbocycles. The molecule has 1 heteroatoms. The summed E-state index contributed by atoms with van der Waals surface area (Å²) in [6.45, 7) is 22.9. The molecule has 0 radical (unpaired) electrons. The Bertz CT molecular complexity index is 329. The Morgan fingerprint density at radius 3 is 2.05 bits per heavy atom.